The third-order valence-corrected chi connectivity index (χ3v) is 3.08. The molecule has 0 saturated heterocycles. The molecule has 0 saturated carbocycles. The van der Waals surface area contributed by atoms with Crippen LogP contribution in [0, 0.1) is 0 Å². The highest BCUT2D eigenvalue weighted by atomic mass is 16.5. The number of carbonyl (C=O) groups excluding carboxylic acids is 2. The van der Waals surface area contributed by atoms with Crippen LogP contribution in [-0.4, -0.2) is 25.0 Å². The molecule has 2 atom stereocenters. The average Bonchev–Trinajstić information content (AvgIpc) is 2.45. The van der Waals surface area contributed by atoms with Crippen LogP contribution in [0.5, 0.6) is 0 Å². The van der Waals surface area contributed by atoms with Gasteiger partial charge in [-0.1, -0.05) is 50.1 Å². The number of ether oxygens (including phenoxy) is 1. The Morgan fingerprint density at radius 1 is 1.30 bits per heavy atom. The van der Waals surface area contributed by atoms with E-state index in [-0.39, 0.29) is 5.91 Å². The molecule has 110 valence electrons. The third-order valence-electron chi connectivity index (χ3n) is 3.08. The maximum absolute atomic E-state index is 12.2. The largest absolute Gasteiger partial charge is 0.368 e. The van der Waals surface area contributed by atoms with Gasteiger partial charge in [0, 0.05) is 7.11 Å². The molecule has 5 heteroatoms. The fourth-order valence-electron chi connectivity index (χ4n) is 1.96. The average molecular weight is 278 g/mol. The van der Waals surface area contributed by atoms with E-state index in [1.165, 1.54) is 7.11 Å². The number of carbonyl (C=O) groups is 2. The second kappa shape index (κ2) is 8.32. The van der Waals surface area contributed by atoms with Gasteiger partial charge in [-0.15, -0.1) is 0 Å². The molecule has 0 aliphatic carbocycles. The Kier molecular flexibility index (Phi) is 6.73. The molecular weight excluding hydrogens is 256 g/mol. The van der Waals surface area contributed by atoms with Gasteiger partial charge in [0.25, 0.3) is 5.91 Å². The van der Waals surface area contributed by atoms with Gasteiger partial charge < -0.3 is 15.8 Å². The van der Waals surface area contributed by atoms with Crippen LogP contribution in [0.2, 0.25) is 0 Å². The summed E-state index contributed by atoms with van der Waals surface area (Å²) in [7, 11) is 1.46. The zero-order chi connectivity index (χ0) is 15.0. The fourth-order valence-corrected chi connectivity index (χ4v) is 1.96. The SMILES string of the molecule is CCCC[C@H](NC(=O)[C@H](OC)c1ccccc1)C(N)=O. The van der Waals surface area contributed by atoms with Crippen molar-refractivity contribution in [1.29, 1.82) is 0 Å². The topological polar surface area (TPSA) is 81.4 Å². The van der Waals surface area contributed by atoms with Crippen molar-refractivity contribution in [3.63, 3.8) is 0 Å². The number of rotatable bonds is 8. The summed E-state index contributed by atoms with van der Waals surface area (Å²) in [4.78, 5) is 23.6. The van der Waals surface area contributed by atoms with Gasteiger partial charge in [0.1, 0.15) is 6.04 Å². The minimum atomic E-state index is -0.736. The summed E-state index contributed by atoms with van der Waals surface area (Å²) in [5.41, 5.74) is 6.05. The van der Waals surface area contributed by atoms with Gasteiger partial charge in [-0.2, -0.15) is 0 Å². The molecule has 0 radical (unpaired) electrons. The van der Waals surface area contributed by atoms with Gasteiger partial charge in [0.15, 0.2) is 6.10 Å². The second-order valence-electron chi connectivity index (χ2n) is 4.63. The zero-order valence-electron chi connectivity index (χ0n) is 12.0. The predicted octanol–water partition coefficient (Wildman–Crippen LogP) is 1.53. The molecule has 0 fully saturated rings. The minimum Gasteiger partial charge on any atom is -0.368 e. The molecule has 0 aliphatic rings. The first-order valence-electron chi connectivity index (χ1n) is 6.77. The molecule has 3 N–H and O–H groups in total. The molecule has 0 spiro atoms. The molecule has 20 heavy (non-hydrogen) atoms. The van der Waals surface area contributed by atoms with E-state index < -0.39 is 18.1 Å². The van der Waals surface area contributed by atoms with E-state index in [9.17, 15) is 9.59 Å². The third kappa shape index (κ3) is 4.66. The van der Waals surface area contributed by atoms with E-state index in [0.29, 0.717) is 6.42 Å². The van der Waals surface area contributed by atoms with E-state index in [0.717, 1.165) is 18.4 Å². The van der Waals surface area contributed by atoms with Crippen molar-refractivity contribution in [3.8, 4) is 0 Å². The smallest absolute Gasteiger partial charge is 0.254 e. The number of benzene rings is 1. The predicted molar refractivity (Wildman–Crippen MR) is 76.8 cm³/mol. The van der Waals surface area contributed by atoms with Crippen molar-refractivity contribution < 1.29 is 14.3 Å². The lowest BCUT2D eigenvalue weighted by Gasteiger charge is -2.20. The lowest BCUT2D eigenvalue weighted by Crippen LogP contribution is -2.46. The van der Waals surface area contributed by atoms with Crippen molar-refractivity contribution in [2.75, 3.05) is 7.11 Å². The Bertz CT molecular complexity index is 434. The maximum atomic E-state index is 12.2. The quantitative estimate of drug-likeness (QED) is 0.756. The summed E-state index contributed by atoms with van der Waals surface area (Å²) in [6.45, 7) is 2.02. The second-order valence-corrected chi connectivity index (χ2v) is 4.63. The van der Waals surface area contributed by atoms with E-state index in [2.05, 4.69) is 5.32 Å². The summed E-state index contributed by atoms with van der Waals surface area (Å²) in [6, 6.07) is 8.48. The van der Waals surface area contributed by atoms with Crippen molar-refractivity contribution >= 4 is 11.8 Å². The molecule has 0 heterocycles. The maximum Gasteiger partial charge on any atom is 0.254 e. The number of amides is 2. The molecule has 2 amide bonds. The zero-order valence-corrected chi connectivity index (χ0v) is 12.0. The van der Waals surface area contributed by atoms with Gasteiger partial charge in [-0.25, -0.2) is 0 Å². The standard InChI is InChI=1S/C15H22N2O3/c1-3-4-10-12(14(16)18)17-15(19)13(20-2)11-8-6-5-7-9-11/h5-9,12-13H,3-4,10H2,1-2H3,(H2,16,18)(H,17,19)/t12-,13+/m0/s1. The summed E-state index contributed by atoms with van der Waals surface area (Å²) >= 11 is 0. The normalized spacial score (nSPS) is 13.5. The number of nitrogens with two attached hydrogens (primary N) is 1. The highest BCUT2D eigenvalue weighted by Gasteiger charge is 2.24. The van der Waals surface area contributed by atoms with Gasteiger partial charge in [0.2, 0.25) is 5.91 Å². The number of hydrogen-bond acceptors (Lipinski definition) is 3. The van der Waals surface area contributed by atoms with Crippen LogP contribution < -0.4 is 11.1 Å². The number of methoxy groups -OCH3 is 1. The summed E-state index contributed by atoms with van der Waals surface area (Å²) in [5.74, 6) is -0.867. The van der Waals surface area contributed by atoms with Crippen LogP contribution >= 0.6 is 0 Å². The Labute approximate surface area is 119 Å². The van der Waals surface area contributed by atoms with E-state index >= 15 is 0 Å². The summed E-state index contributed by atoms with van der Waals surface area (Å²) in [5, 5.41) is 2.66. The number of unbranched alkanes of at least 4 members (excludes halogenated alkanes) is 1. The van der Waals surface area contributed by atoms with Crippen LogP contribution in [0.3, 0.4) is 0 Å². The fraction of sp³-hybridized carbons (Fsp3) is 0.467. The monoisotopic (exact) mass is 278 g/mol. The lowest BCUT2D eigenvalue weighted by molar-refractivity contribution is -0.135. The van der Waals surface area contributed by atoms with Gasteiger partial charge in [0.05, 0.1) is 0 Å². The van der Waals surface area contributed by atoms with Crippen LogP contribution in [-0.2, 0) is 14.3 Å². The van der Waals surface area contributed by atoms with Crippen LogP contribution in [0.25, 0.3) is 0 Å². The Morgan fingerprint density at radius 3 is 2.45 bits per heavy atom. The van der Waals surface area contributed by atoms with Gasteiger partial charge >= 0.3 is 0 Å². The van der Waals surface area contributed by atoms with Crippen molar-refractivity contribution in [3.05, 3.63) is 35.9 Å². The van der Waals surface area contributed by atoms with E-state index in [1.54, 1.807) is 12.1 Å². The molecule has 0 aromatic heterocycles. The van der Waals surface area contributed by atoms with Crippen molar-refractivity contribution in [2.24, 2.45) is 5.73 Å². The Balaban J connectivity index is 2.73. The lowest BCUT2D eigenvalue weighted by atomic mass is 10.1. The highest BCUT2D eigenvalue weighted by molar-refractivity contribution is 5.89. The molecule has 0 aliphatic heterocycles. The van der Waals surface area contributed by atoms with E-state index in [1.807, 2.05) is 25.1 Å². The molecule has 0 unspecified atom stereocenters. The Hall–Kier alpha value is -1.88. The first-order valence-corrected chi connectivity index (χ1v) is 6.77. The molecular formula is C15H22N2O3. The number of hydrogen-bond donors (Lipinski definition) is 2. The summed E-state index contributed by atoms with van der Waals surface area (Å²) in [6.07, 6.45) is 1.57. The molecule has 0 bridgehead atoms. The van der Waals surface area contributed by atoms with Crippen molar-refractivity contribution in [2.45, 2.75) is 38.3 Å². The first kappa shape index (κ1) is 16.2. The molecule has 1 rings (SSSR count). The Morgan fingerprint density at radius 2 is 1.95 bits per heavy atom. The van der Waals surface area contributed by atoms with Crippen LogP contribution in [0.1, 0.15) is 37.9 Å². The van der Waals surface area contributed by atoms with Crippen molar-refractivity contribution in [1.82, 2.24) is 5.32 Å². The number of nitrogens with one attached hydrogen (secondary N) is 1. The molecule has 1 aromatic carbocycles. The molecule has 5 nitrogen and oxygen atoms in total. The van der Waals surface area contributed by atoms with Gasteiger partial charge in [-0.05, 0) is 12.0 Å². The van der Waals surface area contributed by atoms with Gasteiger partial charge in [-0.3, -0.25) is 9.59 Å². The minimum absolute atomic E-state index is 0.349. The van der Waals surface area contributed by atoms with E-state index in [4.69, 9.17) is 10.5 Å². The number of primary amides is 1. The first-order chi connectivity index (χ1) is 9.60. The highest BCUT2D eigenvalue weighted by Crippen LogP contribution is 2.16. The van der Waals surface area contributed by atoms with Crippen LogP contribution in [0.15, 0.2) is 30.3 Å². The van der Waals surface area contributed by atoms with Crippen LogP contribution in [0.4, 0.5) is 0 Å². The molecule has 1 aromatic rings. The summed E-state index contributed by atoms with van der Waals surface area (Å²) < 4.78 is 5.22.